The molecule has 4 nitrogen and oxygen atoms in total. The molecule has 0 radical (unpaired) electrons. The highest BCUT2D eigenvalue weighted by Crippen LogP contribution is 2.45. The summed E-state index contributed by atoms with van der Waals surface area (Å²) in [5, 5.41) is 3.92. The van der Waals surface area contributed by atoms with Crippen molar-refractivity contribution < 1.29 is 4.52 Å². The predicted octanol–water partition coefficient (Wildman–Crippen LogP) is 0.911. The minimum Gasteiger partial charge on any atom is -0.360 e. The van der Waals surface area contributed by atoms with Crippen molar-refractivity contribution in [2.45, 2.75) is 37.6 Å². The summed E-state index contributed by atoms with van der Waals surface area (Å²) in [6, 6.07) is 0.225. The first-order valence-corrected chi connectivity index (χ1v) is 6.18. The number of nitrogens with zero attached hydrogens (tertiary/aromatic N) is 2. The molecule has 0 unspecified atom stereocenters. The Kier molecular flexibility index (Phi) is 2.30. The monoisotopic (exact) mass is 221 g/mol. The third kappa shape index (κ3) is 1.26. The average molecular weight is 221 g/mol. The van der Waals surface area contributed by atoms with E-state index in [2.05, 4.69) is 17.0 Å². The molecule has 4 heteroatoms. The van der Waals surface area contributed by atoms with Crippen LogP contribution in [0.3, 0.4) is 0 Å². The summed E-state index contributed by atoms with van der Waals surface area (Å²) in [6.45, 7) is 5.61. The standard InChI is InChI=1S/C12H19N3O/c1-2-15-5-3-12(4-6-15)10(13)7-9-8-14-16-11(9)12/h8,10H,2-7,13H2,1H3/t10-/m1/s1. The normalized spacial score (nSPS) is 28.5. The lowest BCUT2D eigenvalue weighted by Gasteiger charge is -2.40. The first-order valence-electron chi connectivity index (χ1n) is 6.18. The number of likely N-dealkylation sites (tertiary alicyclic amines) is 1. The second kappa shape index (κ2) is 3.57. The van der Waals surface area contributed by atoms with E-state index in [9.17, 15) is 0 Å². The highest BCUT2D eigenvalue weighted by atomic mass is 16.5. The number of piperidine rings is 1. The third-order valence-electron chi connectivity index (χ3n) is 4.44. The Morgan fingerprint density at radius 1 is 1.56 bits per heavy atom. The fourth-order valence-corrected chi connectivity index (χ4v) is 3.28. The molecular weight excluding hydrogens is 202 g/mol. The van der Waals surface area contributed by atoms with Gasteiger partial charge >= 0.3 is 0 Å². The molecule has 16 heavy (non-hydrogen) atoms. The Morgan fingerprint density at radius 3 is 3.00 bits per heavy atom. The Morgan fingerprint density at radius 2 is 2.31 bits per heavy atom. The van der Waals surface area contributed by atoms with Gasteiger partial charge < -0.3 is 15.2 Å². The molecule has 1 fully saturated rings. The summed E-state index contributed by atoms with van der Waals surface area (Å²) in [5.74, 6) is 1.08. The van der Waals surface area contributed by atoms with Crippen LogP contribution in [0.15, 0.2) is 10.7 Å². The van der Waals surface area contributed by atoms with E-state index in [1.165, 1.54) is 5.56 Å². The van der Waals surface area contributed by atoms with E-state index < -0.39 is 0 Å². The molecule has 0 bridgehead atoms. The zero-order valence-electron chi connectivity index (χ0n) is 9.78. The van der Waals surface area contributed by atoms with Gasteiger partial charge in [-0.25, -0.2) is 0 Å². The van der Waals surface area contributed by atoms with Gasteiger partial charge in [-0.05, 0) is 38.9 Å². The van der Waals surface area contributed by atoms with Crippen LogP contribution >= 0.6 is 0 Å². The summed E-state index contributed by atoms with van der Waals surface area (Å²) in [5.41, 5.74) is 7.63. The van der Waals surface area contributed by atoms with Crippen LogP contribution in [0, 0.1) is 0 Å². The van der Waals surface area contributed by atoms with E-state index in [1.54, 1.807) is 0 Å². The largest absolute Gasteiger partial charge is 0.360 e. The van der Waals surface area contributed by atoms with Gasteiger partial charge in [0.25, 0.3) is 0 Å². The van der Waals surface area contributed by atoms with E-state index in [0.717, 1.165) is 44.7 Å². The van der Waals surface area contributed by atoms with Crippen molar-refractivity contribution in [1.29, 1.82) is 0 Å². The first kappa shape index (κ1) is 10.3. The number of nitrogens with two attached hydrogens (primary N) is 1. The van der Waals surface area contributed by atoms with E-state index in [0.29, 0.717) is 0 Å². The lowest BCUT2D eigenvalue weighted by molar-refractivity contribution is 0.129. The molecule has 2 N–H and O–H groups in total. The lowest BCUT2D eigenvalue weighted by Crippen LogP contribution is -2.50. The number of rotatable bonds is 1. The molecule has 1 aliphatic carbocycles. The van der Waals surface area contributed by atoms with Crippen molar-refractivity contribution >= 4 is 0 Å². The maximum Gasteiger partial charge on any atom is 0.147 e. The van der Waals surface area contributed by atoms with Crippen LogP contribution in [-0.4, -0.2) is 35.7 Å². The van der Waals surface area contributed by atoms with Crippen LogP contribution < -0.4 is 5.73 Å². The fourth-order valence-electron chi connectivity index (χ4n) is 3.28. The van der Waals surface area contributed by atoms with Crippen molar-refractivity contribution in [3.05, 3.63) is 17.5 Å². The second-order valence-electron chi connectivity index (χ2n) is 5.08. The Hall–Kier alpha value is -0.870. The lowest BCUT2D eigenvalue weighted by atomic mass is 9.74. The van der Waals surface area contributed by atoms with Gasteiger partial charge in [0.05, 0.1) is 6.20 Å². The van der Waals surface area contributed by atoms with Crippen molar-refractivity contribution in [3.63, 3.8) is 0 Å². The van der Waals surface area contributed by atoms with Crippen LogP contribution in [0.1, 0.15) is 31.1 Å². The van der Waals surface area contributed by atoms with Gasteiger partial charge in [-0.1, -0.05) is 12.1 Å². The minimum absolute atomic E-state index is 0.0809. The van der Waals surface area contributed by atoms with Crippen LogP contribution in [0.2, 0.25) is 0 Å². The quantitative estimate of drug-likeness (QED) is 0.766. The first-order chi connectivity index (χ1) is 7.76. The van der Waals surface area contributed by atoms with Gasteiger partial charge in [0, 0.05) is 17.0 Å². The van der Waals surface area contributed by atoms with E-state index in [4.69, 9.17) is 10.3 Å². The highest BCUT2D eigenvalue weighted by molar-refractivity contribution is 5.34. The number of fused-ring (bicyclic) bond motifs is 2. The van der Waals surface area contributed by atoms with Gasteiger partial charge in [0.2, 0.25) is 0 Å². The van der Waals surface area contributed by atoms with E-state index in [1.807, 2.05) is 6.20 Å². The molecule has 1 spiro atoms. The van der Waals surface area contributed by atoms with Crippen LogP contribution in [-0.2, 0) is 11.8 Å². The summed E-state index contributed by atoms with van der Waals surface area (Å²) >= 11 is 0. The molecule has 88 valence electrons. The maximum absolute atomic E-state index is 6.32. The summed E-state index contributed by atoms with van der Waals surface area (Å²) in [7, 11) is 0. The maximum atomic E-state index is 6.32. The fraction of sp³-hybridized carbons (Fsp3) is 0.750. The molecule has 1 aromatic heterocycles. The second-order valence-corrected chi connectivity index (χ2v) is 5.08. The predicted molar refractivity (Wildman–Crippen MR) is 61.2 cm³/mol. The van der Waals surface area contributed by atoms with Gasteiger partial charge in [0.15, 0.2) is 0 Å². The van der Waals surface area contributed by atoms with Gasteiger partial charge in [-0.3, -0.25) is 0 Å². The minimum atomic E-state index is 0.0809. The molecule has 0 aromatic carbocycles. The summed E-state index contributed by atoms with van der Waals surface area (Å²) in [6.07, 6.45) is 5.01. The molecular formula is C12H19N3O. The molecule has 1 saturated heterocycles. The molecule has 1 aliphatic heterocycles. The summed E-state index contributed by atoms with van der Waals surface area (Å²) < 4.78 is 5.46. The van der Waals surface area contributed by atoms with Crippen molar-refractivity contribution in [2.24, 2.45) is 5.73 Å². The Balaban J connectivity index is 1.89. The molecule has 1 aromatic rings. The number of hydrogen-bond acceptors (Lipinski definition) is 4. The zero-order chi connectivity index (χ0) is 11.2. The molecule has 0 saturated carbocycles. The van der Waals surface area contributed by atoms with Crippen molar-refractivity contribution in [1.82, 2.24) is 10.1 Å². The zero-order valence-corrected chi connectivity index (χ0v) is 9.78. The van der Waals surface area contributed by atoms with E-state index in [-0.39, 0.29) is 11.5 Å². The summed E-state index contributed by atoms with van der Waals surface area (Å²) in [4.78, 5) is 2.48. The van der Waals surface area contributed by atoms with Gasteiger partial charge in [0.1, 0.15) is 5.76 Å². The molecule has 2 heterocycles. The van der Waals surface area contributed by atoms with Gasteiger partial charge in [-0.2, -0.15) is 0 Å². The van der Waals surface area contributed by atoms with Crippen molar-refractivity contribution in [2.75, 3.05) is 19.6 Å². The molecule has 0 amide bonds. The van der Waals surface area contributed by atoms with Crippen molar-refractivity contribution in [3.8, 4) is 0 Å². The topological polar surface area (TPSA) is 55.3 Å². The van der Waals surface area contributed by atoms with Crippen LogP contribution in [0.4, 0.5) is 0 Å². The molecule has 1 atom stereocenters. The molecule has 2 aliphatic rings. The smallest absolute Gasteiger partial charge is 0.147 e. The Labute approximate surface area is 95.8 Å². The van der Waals surface area contributed by atoms with E-state index >= 15 is 0 Å². The van der Waals surface area contributed by atoms with Crippen LogP contribution in [0.25, 0.3) is 0 Å². The van der Waals surface area contributed by atoms with Crippen LogP contribution in [0.5, 0.6) is 0 Å². The molecule has 3 rings (SSSR count). The Bertz CT molecular complexity index is 379. The number of hydrogen-bond donors (Lipinski definition) is 1. The third-order valence-corrected chi connectivity index (χ3v) is 4.44. The SMILES string of the molecule is CCN1CCC2(CC1)c1oncc1C[C@H]2N. The number of aromatic nitrogens is 1. The van der Waals surface area contributed by atoms with Gasteiger partial charge in [-0.15, -0.1) is 0 Å². The average Bonchev–Trinajstić information content (AvgIpc) is 2.85. The highest BCUT2D eigenvalue weighted by Gasteiger charge is 2.49.